The zero-order valence-corrected chi connectivity index (χ0v) is 16.4. The Bertz CT molecular complexity index is 956. The van der Waals surface area contributed by atoms with Gasteiger partial charge in [-0.15, -0.1) is 0 Å². The highest BCUT2D eigenvalue weighted by Gasteiger charge is 2.43. The maximum absolute atomic E-state index is 13.4. The maximum Gasteiger partial charge on any atom is 0.167 e. The molecule has 1 atom stereocenters. The lowest BCUT2D eigenvalue weighted by atomic mass is 9.74. The number of rotatable bonds is 4. The van der Waals surface area contributed by atoms with Crippen molar-refractivity contribution < 1.29 is 4.79 Å². The molecule has 1 unspecified atom stereocenters. The number of Topliss-reactive ketones (excluding diaryl/α,β-unsaturated/α-hetero) is 1. The third-order valence-corrected chi connectivity index (χ3v) is 5.41. The molecule has 0 spiro atoms. The van der Waals surface area contributed by atoms with Gasteiger partial charge in [-0.25, -0.2) is 0 Å². The van der Waals surface area contributed by atoms with E-state index >= 15 is 0 Å². The van der Waals surface area contributed by atoms with E-state index in [1.165, 1.54) is 5.56 Å². The number of H-pyrrole nitrogens is 1. The number of benzene rings is 2. The molecular weight excluding hydrogens is 344 g/mol. The lowest BCUT2D eigenvalue weighted by Crippen LogP contribution is -2.49. The van der Waals surface area contributed by atoms with Crippen LogP contribution in [0.2, 0.25) is 0 Å². The number of hydrogen-bond acceptors (Lipinski definition) is 2. The van der Waals surface area contributed by atoms with Crippen molar-refractivity contribution in [3.05, 3.63) is 101 Å². The molecule has 28 heavy (non-hydrogen) atoms. The third-order valence-electron chi connectivity index (χ3n) is 5.41. The van der Waals surface area contributed by atoms with Crippen LogP contribution < -0.4 is 0 Å². The van der Waals surface area contributed by atoms with Gasteiger partial charge >= 0.3 is 0 Å². The lowest BCUT2D eigenvalue weighted by molar-refractivity contribution is -0.128. The van der Waals surface area contributed by atoms with Gasteiger partial charge in [-0.2, -0.15) is 0 Å². The van der Waals surface area contributed by atoms with E-state index in [0.717, 1.165) is 29.9 Å². The standard InChI is InChI=1S/C25H26N2O/c1-25(2)18-27(17-19-10-5-3-6-11-19)23(20-12-7-4-8-13-20)22(24(25)28)16-21-14-9-15-26-21/h3-16,23,26H,17-18H2,1-2H3/b22-16+. The lowest BCUT2D eigenvalue weighted by Gasteiger charge is -2.44. The van der Waals surface area contributed by atoms with E-state index in [1.807, 2.05) is 48.7 Å². The molecule has 4 rings (SSSR count). The third kappa shape index (κ3) is 3.71. The number of likely N-dealkylation sites (tertiary alicyclic amines) is 1. The summed E-state index contributed by atoms with van der Waals surface area (Å²) < 4.78 is 0. The van der Waals surface area contributed by atoms with Crippen LogP contribution in [0.1, 0.15) is 36.7 Å². The van der Waals surface area contributed by atoms with Crippen LogP contribution in [0.15, 0.2) is 84.6 Å². The molecule has 1 N–H and O–H groups in total. The number of carbonyl (C=O) groups excluding carboxylic acids is 1. The Labute approximate surface area is 166 Å². The molecule has 1 fully saturated rings. The molecule has 3 heteroatoms. The van der Waals surface area contributed by atoms with Gasteiger partial charge < -0.3 is 4.98 Å². The maximum atomic E-state index is 13.4. The largest absolute Gasteiger partial charge is 0.362 e. The van der Waals surface area contributed by atoms with Crippen LogP contribution in [0.3, 0.4) is 0 Å². The minimum Gasteiger partial charge on any atom is -0.362 e. The molecule has 0 amide bonds. The Hall–Kier alpha value is -2.91. The van der Waals surface area contributed by atoms with E-state index < -0.39 is 5.41 Å². The number of piperidine rings is 1. The predicted octanol–water partition coefficient (Wildman–Crippen LogP) is 5.25. The SMILES string of the molecule is CC1(C)CN(Cc2ccccc2)C(c2ccccc2)/C(=C\c2ccc[nH]2)C1=O. The predicted molar refractivity (Wildman–Crippen MR) is 114 cm³/mol. The first-order chi connectivity index (χ1) is 13.5. The highest BCUT2D eigenvalue weighted by molar-refractivity contribution is 6.05. The summed E-state index contributed by atoms with van der Waals surface area (Å²) >= 11 is 0. The fourth-order valence-corrected chi connectivity index (χ4v) is 4.12. The Morgan fingerprint density at radius 2 is 1.68 bits per heavy atom. The van der Waals surface area contributed by atoms with Crippen molar-refractivity contribution in [1.29, 1.82) is 0 Å². The molecule has 0 aliphatic carbocycles. The minimum atomic E-state index is -0.432. The summed E-state index contributed by atoms with van der Waals surface area (Å²) in [5.74, 6) is 0.222. The molecule has 1 aromatic heterocycles. The van der Waals surface area contributed by atoms with Crippen molar-refractivity contribution in [3.63, 3.8) is 0 Å². The summed E-state index contributed by atoms with van der Waals surface area (Å²) in [5.41, 5.74) is 3.79. The highest BCUT2D eigenvalue weighted by atomic mass is 16.1. The highest BCUT2D eigenvalue weighted by Crippen LogP contribution is 2.42. The van der Waals surface area contributed by atoms with Crippen LogP contribution in [0.5, 0.6) is 0 Å². The van der Waals surface area contributed by atoms with Crippen LogP contribution in [0.4, 0.5) is 0 Å². The van der Waals surface area contributed by atoms with Crippen LogP contribution in [0, 0.1) is 5.41 Å². The van der Waals surface area contributed by atoms with Crippen molar-refractivity contribution >= 4 is 11.9 Å². The van der Waals surface area contributed by atoms with Gasteiger partial charge in [0.05, 0.1) is 6.04 Å². The van der Waals surface area contributed by atoms with Gasteiger partial charge in [0.15, 0.2) is 5.78 Å². The Balaban J connectivity index is 1.82. The number of hydrogen-bond donors (Lipinski definition) is 1. The van der Waals surface area contributed by atoms with Crippen molar-refractivity contribution in [3.8, 4) is 0 Å². The fourth-order valence-electron chi connectivity index (χ4n) is 4.12. The van der Waals surface area contributed by atoms with Gasteiger partial charge in [0.2, 0.25) is 0 Å². The number of aromatic amines is 1. The minimum absolute atomic E-state index is 0.0646. The summed E-state index contributed by atoms with van der Waals surface area (Å²) in [6, 6.07) is 24.8. The molecule has 1 aliphatic heterocycles. The molecule has 2 heterocycles. The Morgan fingerprint density at radius 1 is 1.00 bits per heavy atom. The van der Waals surface area contributed by atoms with E-state index in [2.05, 4.69) is 60.1 Å². The molecule has 3 nitrogen and oxygen atoms in total. The van der Waals surface area contributed by atoms with Gasteiger partial charge in [-0.1, -0.05) is 74.5 Å². The summed E-state index contributed by atoms with van der Waals surface area (Å²) in [7, 11) is 0. The van der Waals surface area contributed by atoms with Crippen molar-refractivity contribution in [2.45, 2.75) is 26.4 Å². The van der Waals surface area contributed by atoms with E-state index in [0.29, 0.717) is 0 Å². The molecule has 3 aromatic rings. The van der Waals surface area contributed by atoms with Crippen molar-refractivity contribution in [2.24, 2.45) is 5.41 Å². The quantitative estimate of drug-likeness (QED) is 0.637. The van der Waals surface area contributed by atoms with Gasteiger partial charge in [-0.05, 0) is 29.3 Å². The van der Waals surface area contributed by atoms with E-state index in [1.54, 1.807) is 0 Å². The summed E-state index contributed by atoms with van der Waals surface area (Å²) in [4.78, 5) is 19.1. The molecule has 2 aromatic carbocycles. The molecule has 0 radical (unpaired) electrons. The van der Waals surface area contributed by atoms with Gasteiger partial charge in [-0.3, -0.25) is 9.69 Å². The number of aromatic nitrogens is 1. The molecule has 0 saturated carbocycles. The first-order valence-corrected chi connectivity index (χ1v) is 9.77. The summed E-state index contributed by atoms with van der Waals surface area (Å²) in [5, 5.41) is 0. The molecule has 142 valence electrons. The average molecular weight is 370 g/mol. The second-order valence-corrected chi connectivity index (χ2v) is 8.14. The number of nitrogens with one attached hydrogen (secondary N) is 1. The van der Waals surface area contributed by atoms with Crippen LogP contribution >= 0.6 is 0 Å². The normalized spacial score (nSPS) is 21.1. The second-order valence-electron chi connectivity index (χ2n) is 8.14. The summed E-state index contributed by atoms with van der Waals surface area (Å²) in [6.07, 6.45) is 3.92. The Morgan fingerprint density at radius 3 is 2.32 bits per heavy atom. The number of nitrogens with zero attached hydrogens (tertiary/aromatic N) is 1. The monoisotopic (exact) mass is 370 g/mol. The Kier molecular flexibility index (Phi) is 5.01. The van der Waals surface area contributed by atoms with Gasteiger partial charge in [0.1, 0.15) is 0 Å². The van der Waals surface area contributed by atoms with Crippen LogP contribution in [-0.4, -0.2) is 22.2 Å². The smallest absolute Gasteiger partial charge is 0.167 e. The van der Waals surface area contributed by atoms with Crippen LogP contribution in [-0.2, 0) is 11.3 Å². The number of ketones is 1. The second kappa shape index (κ2) is 7.61. The van der Waals surface area contributed by atoms with E-state index in [4.69, 9.17) is 0 Å². The summed E-state index contributed by atoms with van der Waals surface area (Å²) in [6.45, 7) is 5.63. The van der Waals surface area contributed by atoms with Crippen molar-refractivity contribution in [2.75, 3.05) is 6.54 Å². The first kappa shape index (κ1) is 18.5. The van der Waals surface area contributed by atoms with Crippen molar-refractivity contribution in [1.82, 2.24) is 9.88 Å². The van der Waals surface area contributed by atoms with E-state index in [9.17, 15) is 4.79 Å². The fraction of sp³-hybridized carbons (Fsp3) is 0.240. The average Bonchev–Trinajstić information content (AvgIpc) is 3.20. The first-order valence-electron chi connectivity index (χ1n) is 9.77. The van der Waals surface area contributed by atoms with Gasteiger partial charge in [0, 0.05) is 36.0 Å². The number of carbonyl (C=O) groups is 1. The topological polar surface area (TPSA) is 36.1 Å². The zero-order valence-electron chi connectivity index (χ0n) is 16.4. The van der Waals surface area contributed by atoms with Crippen LogP contribution in [0.25, 0.3) is 6.08 Å². The van der Waals surface area contributed by atoms with Gasteiger partial charge in [0.25, 0.3) is 0 Å². The molecular formula is C25H26N2O. The zero-order chi connectivity index (χ0) is 19.6. The molecule has 1 saturated heterocycles. The molecule has 0 bridgehead atoms. The molecule has 1 aliphatic rings. The van der Waals surface area contributed by atoms with E-state index in [-0.39, 0.29) is 11.8 Å².